The number of nitrogens with two attached hydrogens (primary N) is 2. The number of aliphatic imine (C=N–C) groups is 2. The van der Waals surface area contributed by atoms with Gasteiger partial charge in [0, 0.05) is 148 Å². The number of aromatic amines is 1. The Morgan fingerprint density at radius 3 is 1.06 bits per heavy atom. The van der Waals surface area contributed by atoms with E-state index in [-0.39, 0.29) is 147 Å². The van der Waals surface area contributed by atoms with E-state index >= 15 is 0 Å². The maximum absolute atomic E-state index is 11.4. The number of halogens is 5. The van der Waals surface area contributed by atoms with Gasteiger partial charge in [0.15, 0.2) is 0 Å². The normalized spacial score (nSPS) is 9.26. The fraction of sp³-hybridized carbons (Fsp3) is 0.183. The van der Waals surface area contributed by atoms with Gasteiger partial charge < -0.3 is 34.4 Å². The standard InChI is InChI=1S/2C10H9ClN2O2.2C10H10N2O3.C7H4ClNO3.C4H7N3.C4H8O2.C3H7N.2CH4.Cl2OS.K.H3N.H/c2*1-2-6-12-10(11)8-4-3-5-9(7-8)13(14)15;2*1-2-6-11-10(13)8-4-3-5-9(7-8)12(14)15;8-7(10)5-2-1-3-6(4-5)9(11)12;1-3-2-4(5)7-6-3;1-3-6-4(2)5;1-2-3-4;;;1-4(2)3;;;/h2*2-5,7H,1,6H2;2*2-5,7H,1,6H2,(H,11,13);1-4H;2H,1H3,(H3,5,6,7);3H2,1-2H3;2H,1,3-4H2;2*1H4;;;1H3;/q;;;;;;;;;;;+1;;-1. The summed E-state index contributed by atoms with van der Waals surface area (Å²) in [6, 6.07) is 30.2. The molecule has 0 aliphatic rings. The molecule has 0 fully saturated rings. The molecule has 97 heavy (non-hydrogen) atoms. The molecule has 0 saturated carbocycles. The molecule has 0 radical (unpaired) electrons. The maximum Gasteiger partial charge on any atom is 1.00 e. The van der Waals surface area contributed by atoms with E-state index < -0.39 is 39.1 Å². The summed E-state index contributed by atoms with van der Waals surface area (Å²) in [4.78, 5) is 101. The Morgan fingerprint density at radius 2 is 0.866 bits per heavy atom. The Morgan fingerprint density at radius 1 is 0.588 bits per heavy atom. The van der Waals surface area contributed by atoms with E-state index in [1.165, 1.54) is 110 Å². The van der Waals surface area contributed by atoms with Crippen LogP contribution in [-0.2, 0) is 18.8 Å². The number of carbonyl (C=O) groups is 4. The van der Waals surface area contributed by atoms with Gasteiger partial charge in [-0.3, -0.25) is 84.8 Å². The van der Waals surface area contributed by atoms with Gasteiger partial charge in [0.1, 0.15) is 16.2 Å². The number of esters is 1. The van der Waals surface area contributed by atoms with Gasteiger partial charge in [-0.2, -0.15) is 5.10 Å². The van der Waals surface area contributed by atoms with Gasteiger partial charge in [0.25, 0.3) is 45.5 Å². The molecule has 0 atom stereocenters. The Labute approximate surface area is 631 Å². The molecular weight excluding hydrogens is 1420 g/mol. The van der Waals surface area contributed by atoms with Gasteiger partial charge in [0.2, 0.25) is 9.23 Å². The van der Waals surface area contributed by atoms with E-state index in [2.05, 4.69) is 89.8 Å². The topological polar surface area (TPSA) is 475 Å². The van der Waals surface area contributed by atoms with Crippen LogP contribution < -0.4 is 79.6 Å². The van der Waals surface area contributed by atoms with Crippen molar-refractivity contribution in [1.82, 2.24) is 27.0 Å². The largest absolute Gasteiger partial charge is 1.00 e. The van der Waals surface area contributed by atoms with Crippen molar-refractivity contribution in [2.45, 2.75) is 35.6 Å². The van der Waals surface area contributed by atoms with Crippen molar-refractivity contribution in [3.05, 3.63) is 275 Å². The number of carbonyl (C=O) groups excluding carboxylic acids is 4. The Kier molecular flexibility index (Phi) is 65.4. The Bertz CT molecular complexity index is 3370. The van der Waals surface area contributed by atoms with Crippen LogP contribution in [0, 0.1) is 57.5 Å². The summed E-state index contributed by atoms with van der Waals surface area (Å²) in [7, 11) is 7.36. The van der Waals surface area contributed by atoms with Gasteiger partial charge >= 0.3 is 57.4 Å². The van der Waals surface area contributed by atoms with Gasteiger partial charge in [-0.05, 0) is 43.6 Å². The zero-order valence-corrected chi connectivity index (χ0v) is 59.3. The van der Waals surface area contributed by atoms with E-state index in [1.54, 1.807) is 55.5 Å². The predicted octanol–water partition coefficient (Wildman–Crippen LogP) is 11.1. The number of hydrogen-bond acceptors (Lipinski definition) is 22. The second-order valence-corrected chi connectivity index (χ2v) is 19.8. The summed E-state index contributed by atoms with van der Waals surface area (Å²) in [5.74, 6) is -0.354. The number of non-ortho nitro benzene ring substituents is 5. The zero-order valence-electron chi connectivity index (χ0n) is 52.6. The second kappa shape index (κ2) is 62.2. The molecule has 5 aromatic carbocycles. The van der Waals surface area contributed by atoms with E-state index in [1.807, 2.05) is 6.92 Å². The summed E-state index contributed by atoms with van der Waals surface area (Å²) in [5, 5.41) is 63.3. The van der Waals surface area contributed by atoms with Crippen LogP contribution >= 0.6 is 56.2 Å². The fourth-order valence-electron chi connectivity index (χ4n) is 5.41. The van der Waals surface area contributed by atoms with Crippen molar-refractivity contribution in [2.75, 3.05) is 45.1 Å². The third-order valence-electron chi connectivity index (χ3n) is 9.28. The molecule has 1 heterocycles. The first-order valence-corrected chi connectivity index (χ1v) is 29.6. The van der Waals surface area contributed by atoms with Crippen LogP contribution in [0.1, 0.15) is 78.0 Å². The molecule has 0 spiro atoms. The third-order valence-corrected chi connectivity index (χ3v) is 10.2. The molecule has 37 heteroatoms. The SMILES string of the molecule is C.C.C=CCN.C=CCN=C(Cl)c1cccc([N+](=O)[O-])c1.C=CCN=C(Cl)c1cccc([N+](=O)[O-])c1.C=CCNC(=O)c1cccc([N+](=O)[O-])c1.C=CCNC(=O)c1cccc([N+](=O)[O-])c1.CCOC(C)=O.Cc1cc(N)n[nH]1.N.O=C(Cl)c1cccc([N+](=O)[O-])c1.O=S(Cl)Cl.[H-].[K+]. The fourth-order valence-corrected chi connectivity index (χ4v) is 5.90. The van der Waals surface area contributed by atoms with Crippen molar-refractivity contribution < 1.29 is 106 Å². The zero-order chi connectivity index (χ0) is 71.4. The first-order valence-electron chi connectivity index (χ1n) is 25.7. The molecule has 1 aromatic heterocycles. The number of amides is 2. The molecule has 6 aromatic rings. The van der Waals surface area contributed by atoms with Crippen LogP contribution in [0.25, 0.3) is 0 Å². The molecule has 524 valence electrons. The smallest absolute Gasteiger partial charge is 1.00 e. The van der Waals surface area contributed by atoms with Crippen molar-refractivity contribution in [3.8, 4) is 0 Å². The first-order chi connectivity index (χ1) is 43.9. The van der Waals surface area contributed by atoms with Crippen LogP contribution in [0.15, 0.2) is 201 Å². The van der Waals surface area contributed by atoms with Gasteiger partial charge in [-0.15, -0.1) is 32.9 Å². The van der Waals surface area contributed by atoms with Crippen LogP contribution in [0.3, 0.4) is 0 Å². The first kappa shape index (κ1) is 102. The van der Waals surface area contributed by atoms with Crippen molar-refractivity contribution in [2.24, 2.45) is 15.7 Å². The average Bonchev–Trinajstić information content (AvgIpc) is 1.09. The monoisotopic (exact) mass is 1490 g/mol. The number of ether oxygens (including phenoxy) is 1. The van der Waals surface area contributed by atoms with Crippen LogP contribution in [0.4, 0.5) is 34.3 Å². The van der Waals surface area contributed by atoms with E-state index in [0.717, 1.165) is 11.8 Å². The summed E-state index contributed by atoms with van der Waals surface area (Å²) in [5.41, 5.74) is 12.6. The van der Waals surface area contributed by atoms with Gasteiger partial charge in [-0.25, -0.2) is 4.21 Å². The number of H-pyrrole nitrogens is 1. The molecule has 6 rings (SSSR count). The number of hydrogen-bond donors (Lipinski definition) is 6. The second-order valence-electron chi connectivity index (χ2n) is 16.3. The molecule has 0 bridgehead atoms. The summed E-state index contributed by atoms with van der Waals surface area (Å²) in [6.45, 7) is 24.8. The number of nitrogen functional groups attached to an aromatic ring is 1. The van der Waals surface area contributed by atoms with Crippen molar-refractivity contribution in [1.29, 1.82) is 0 Å². The van der Waals surface area contributed by atoms with Crippen molar-refractivity contribution in [3.63, 3.8) is 0 Å². The molecule has 0 aliphatic carbocycles. The molecule has 2 amide bonds. The minimum absolute atomic E-state index is 0. The van der Waals surface area contributed by atoms with Gasteiger partial charge in [0.05, 0.1) is 44.3 Å². The Balaban J connectivity index is -0.000000159. The summed E-state index contributed by atoms with van der Waals surface area (Å²) >= 11 is 16.8. The number of nitrogens with one attached hydrogen (secondary N) is 3. The summed E-state index contributed by atoms with van der Waals surface area (Å²) in [6.07, 6.45) is 7.92. The number of nitro groups is 5. The van der Waals surface area contributed by atoms with E-state index in [4.69, 9.17) is 50.5 Å². The third kappa shape index (κ3) is 52.3. The Hall–Kier alpha value is -8.61. The van der Waals surface area contributed by atoms with Crippen LogP contribution in [0.2, 0.25) is 0 Å². The molecule has 0 unspecified atom stereocenters. The minimum Gasteiger partial charge on any atom is -1.00 e. The average molecular weight is 1500 g/mol. The molecule has 0 aliphatic heterocycles. The number of nitro benzene ring substituents is 5. The molecule has 10 N–H and O–H groups in total. The van der Waals surface area contributed by atoms with Crippen LogP contribution in [-0.4, -0.2) is 112 Å². The van der Waals surface area contributed by atoms with E-state index in [9.17, 15) is 69.7 Å². The molecule has 30 nitrogen and oxygen atoms in total. The quantitative estimate of drug-likeness (QED) is 0.00786. The number of aromatic nitrogens is 2. The van der Waals surface area contributed by atoms with Crippen molar-refractivity contribution >= 4 is 133 Å². The number of benzene rings is 5. The maximum atomic E-state index is 11.4. The predicted molar refractivity (Wildman–Crippen MR) is 384 cm³/mol. The minimum atomic E-state index is -1.67. The number of anilines is 1. The van der Waals surface area contributed by atoms with Gasteiger partial charge in [-0.1, -0.05) is 111 Å². The molecular formula is C60H76Cl5KN14O16S. The summed E-state index contributed by atoms with van der Waals surface area (Å²) < 4.78 is 13.5. The van der Waals surface area contributed by atoms with Crippen LogP contribution in [0.5, 0.6) is 0 Å². The number of rotatable bonds is 20. The number of nitrogens with zero attached hydrogens (tertiary/aromatic N) is 8. The van der Waals surface area contributed by atoms with E-state index in [0.29, 0.717) is 56.3 Å². The number of aryl methyl sites for hydroxylation is 1. The molecule has 0 saturated heterocycles.